The molecule has 1 saturated carbocycles. The van der Waals surface area contributed by atoms with Gasteiger partial charge in [0.1, 0.15) is 0 Å². The minimum atomic E-state index is -0.000362. The smallest absolute Gasteiger partial charge is 0.228 e. The Kier molecular flexibility index (Phi) is 5.30. The molecule has 0 aliphatic heterocycles. The first kappa shape index (κ1) is 17.9. The van der Waals surface area contributed by atoms with Crippen LogP contribution in [0.25, 0.3) is 5.69 Å². The van der Waals surface area contributed by atoms with Crippen LogP contribution in [0.4, 0.5) is 5.69 Å². The number of carbonyl (C=O) groups excluding carboxylic acids is 1. The zero-order valence-corrected chi connectivity index (χ0v) is 16.2. The number of benzene rings is 2. The summed E-state index contributed by atoms with van der Waals surface area (Å²) in [5, 5.41) is 2.97. The highest BCUT2D eigenvalue weighted by Gasteiger charge is 2.20. The Hall–Kier alpha value is -2.53. The van der Waals surface area contributed by atoms with Crippen molar-refractivity contribution in [3.8, 4) is 5.69 Å². The van der Waals surface area contributed by atoms with Gasteiger partial charge in [-0.3, -0.25) is 4.79 Å². The number of nitrogens with one attached hydrogen (secondary N) is 1. The van der Waals surface area contributed by atoms with Crippen molar-refractivity contribution >= 4 is 23.4 Å². The number of thioether (sulfide) groups is 1. The summed E-state index contributed by atoms with van der Waals surface area (Å²) in [7, 11) is 0. The Balaban J connectivity index is 1.30. The number of hydrogen-bond acceptors (Lipinski definition) is 3. The van der Waals surface area contributed by atoms with Crippen molar-refractivity contribution in [2.24, 2.45) is 5.92 Å². The monoisotopic (exact) mass is 377 g/mol. The van der Waals surface area contributed by atoms with Gasteiger partial charge in [0.15, 0.2) is 0 Å². The van der Waals surface area contributed by atoms with Crippen LogP contribution in [0.1, 0.15) is 24.1 Å². The van der Waals surface area contributed by atoms with Gasteiger partial charge < -0.3 is 9.88 Å². The van der Waals surface area contributed by atoms with Crippen molar-refractivity contribution in [2.75, 3.05) is 11.1 Å². The van der Waals surface area contributed by atoms with E-state index in [2.05, 4.69) is 34.6 Å². The lowest BCUT2D eigenvalue weighted by Crippen LogP contribution is -2.14. The molecule has 0 atom stereocenters. The molecule has 2 aromatic carbocycles. The molecule has 5 heteroatoms. The first-order chi connectivity index (χ1) is 13.2. The molecule has 1 heterocycles. The van der Waals surface area contributed by atoms with Crippen molar-refractivity contribution in [1.29, 1.82) is 0 Å². The first-order valence-electron chi connectivity index (χ1n) is 9.28. The summed E-state index contributed by atoms with van der Waals surface area (Å²) in [5.41, 5.74) is 3.84. The van der Waals surface area contributed by atoms with Crippen LogP contribution in [0, 0.1) is 12.8 Å². The molecule has 1 fully saturated rings. The minimum Gasteiger partial charge on any atom is -0.326 e. The van der Waals surface area contributed by atoms with E-state index in [4.69, 9.17) is 0 Å². The second kappa shape index (κ2) is 8.01. The normalized spacial score (nSPS) is 13.5. The summed E-state index contributed by atoms with van der Waals surface area (Å²) >= 11 is 1.92. The fraction of sp³-hybridized carbons (Fsp3) is 0.273. The lowest BCUT2D eigenvalue weighted by molar-refractivity contribution is -0.115. The molecule has 1 N–H and O–H groups in total. The van der Waals surface area contributed by atoms with E-state index in [1.807, 2.05) is 53.7 Å². The van der Waals surface area contributed by atoms with Crippen LogP contribution in [0.2, 0.25) is 0 Å². The molecule has 4 nitrogen and oxygen atoms in total. The zero-order valence-electron chi connectivity index (χ0n) is 15.4. The predicted molar refractivity (Wildman–Crippen MR) is 111 cm³/mol. The molecular weight excluding hydrogens is 354 g/mol. The van der Waals surface area contributed by atoms with Gasteiger partial charge in [0.25, 0.3) is 0 Å². The lowest BCUT2D eigenvalue weighted by atomic mass is 10.1. The fourth-order valence-electron chi connectivity index (χ4n) is 2.87. The maximum absolute atomic E-state index is 12.3. The van der Waals surface area contributed by atoms with Crippen molar-refractivity contribution in [2.45, 2.75) is 31.1 Å². The van der Waals surface area contributed by atoms with Crippen molar-refractivity contribution < 1.29 is 4.79 Å². The van der Waals surface area contributed by atoms with Crippen LogP contribution in [0.5, 0.6) is 0 Å². The SMILES string of the molecule is Cc1cn(-c2ccc(NC(=O)Cc3ccc(SCC4CC4)cc3)cc2)cn1. The van der Waals surface area contributed by atoms with E-state index in [-0.39, 0.29) is 5.91 Å². The van der Waals surface area contributed by atoms with Crippen LogP contribution < -0.4 is 5.32 Å². The number of nitrogens with zero attached hydrogens (tertiary/aromatic N) is 2. The molecule has 0 bridgehead atoms. The second-order valence-corrected chi connectivity index (χ2v) is 8.19. The Morgan fingerprint density at radius 2 is 1.89 bits per heavy atom. The Morgan fingerprint density at radius 1 is 1.15 bits per heavy atom. The summed E-state index contributed by atoms with van der Waals surface area (Å²) in [6, 6.07) is 16.1. The molecule has 1 amide bonds. The number of amides is 1. The third-order valence-corrected chi connectivity index (χ3v) is 5.88. The van der Waals surface area contributed by atoms with Crippen LogP contribution in [-0.4, -0.2) is 21.2 Å². The van der Waals surface area contributed by atoms with Gasteiger partial charge in [0.2, 0.25) is 5.91 Å². The number of aromatic nitrogens is 2. The van der Waals surface area contributed by atoms with E-state index in [0.717, 1.165) is 28.6 Å². The first-order valence-corrected chi connectivity index (χ1v) is 10.3. The van der Waals surface area contributed by atoms with Crippen molar-refractivity contribution in [3.63, 3.8) is 0 Å². The number of aryl methyl sites for hydroxylation is 1. The summed E-state index contributed by atoms with van der Waals surface area (Å²) in [6.45, 7) is 1.96. The summed E-state index contributed by atoms with van der Waals surface area (Å²) in [4.78, 5) is 17.8. The van der Waals surface area contributed by atoms with Crippen LogP contribution >= 0.6 is 11.8 Å². The second-order valence-electron chi connectivity index (χ2n) is 7.09. The van der Waals surface area contributed by atoms with Gasteiger partial charge in [-0.05, 0) is 67.6 Å². The minimum absolute atomic E-state index is 0.000362. The van der Waals surface area contributed by atoms with Gasteiger partial charge in [0.05, 0.1) is 18.4 Å². The third-order valence-electron chi connectivity index (χ3n) is 4.63. The Morgan fingerprint density at radius 3 is 2.52 bits per heavy atom. The lowest BCUT2D eigenvalue weighted by Gasteiger charge is -2.08. The Labute approximate surface area is 164 Å². The summed E-state index contributed by atoms with van der Waals surface area (Å²) < 4.78 is 1.96. The van der Waals surface area contributed by atoms with E-state index >= 15 is 0 Å². The fourth-order valence-corrected chi connectivity index (χ4v) is 3.96. The average molecular weight is 378 g/mol. The van der Waals surface area contributed by atoms with Crippen LogP contribution in [0.3, 0.4) is 0 Å². The number of rotatable bonds is 7. The number of hydrogen-bond donors (Lipinski definition) is 1. The average Bonchev–Trinajstić information content (AvgIpc) is 3.41. The standard InChI is InChI=1S/C22H23N3OS/c1-16-13-25(15-23-16)20-8-6-19(7-9-20)24-22(26)12-17-4-10-21(11-5-17)27-14-18-2-3-18/h4-11,13,15,18H,2-3,12,14H2,1H3,(H,24,26). The van der Waals surface area contributed by atoms with Gasteiger partial charge in [-0.25, -0.2) is 4.98 Å². The molecule has 4 rings (SSSR count). The molecule has 1 aliphatic rings. The molecule has 1 aliphatic carbocycles. The molecule has 0 spiro atoms. The van der Waals surface area contributed by atoms with E-state index < -0.39 is 0 Å². The van der Waals surface area contributed by atoms with E-state index in [1.165, 1.54) is 23.5 Å². The largest absolute Gasteiger partial charge is 0.326 e. The Bertz CT molecular complexity index is 911. The predicted octanol–water partition coefficient (Wildman–Crippen LogP) is 4.86. The molecule has 3 aromatic rings. The molecule has 138 valence electrons. The van der Waals surface area contributed by atoms with Crippen LogP contribution in [0.15, 0.2) is 66.0 Å². The number of imidazole rings is 1. The highest BCUT2D eigenvalue weighted by molar-refractivity contribution is 7.99. The summed E-state index contributed by atoms with van der Waals surface area (Å²) in [6.07, 6.45) is 6.91. The zero-order chi connectivity index (χ0) is 18.6. The topological polar surface area (TPSA) is 46.9 Å². The highest BCUT2D eigenvalue weighted by atomic mass is 32.2. The number of carbonyl (C=O) groups is 1. The molecule has 27 heavy (non-hydrogen) atoms. The summed E-state index contributed by atoms with van der Waals surface area (Å²) in [5.74, 6) is 2.14. The van der Waals surface area contributed by atoms with Crippen molar-refractivity contribution in [1.82, 2.24) is 9.55 Å². The van der Waals surface area contributed by atoms with Crippen molar-refractivity contribution in [3.05, 3.63) is 72.3 Å². The third kappa shape index (κ3) is 5.01. The number of anilines is 1. The maximum atomic E-state index is 12.3. The van der Waals surface area contributed by atoms with Gasteiger partial charge in [-0.15, -0.1) is 11.8 Å². The molecule has 0 radical (unpaired) electrons. The van der Waals surface area contributed by atoms with Gasteiger partial charge in [0, 0.05) is 28.2 Å². The van der Waals surface area contributed by atoms with Gasteiger partial charge in [-0.1, -0.05) is 12.1 Å². The van der Waals surface area contributed by atoms with E-state index in [0.29, 0.717) is 6.42 Å². The molecular formula is C22H23N3OS. The maximum Gasteiger partial charge on any atom is 0.228 e. The quantitative estimate of drug-likeness (QED) is 0.598. The van der Waals surface area contributed by atoms with E-state index in [9.17, 15) is 4.79 Å². The van der Waals surface area contributed by atoms with Crippen LogP contribution in [-0.2, 0) is 11.2 Å². The van der Waals surface area contributed by atoms with E-state index in [1.54, 1.807) is 6.33 Å². The van der Waals surface area contributed by atoms with Gasteiger partial charge >= 0.3 is 0 Å². The highest BCUT2D eigenvalue weighted by Crippen LogP contribution is 2.35. The van der Waals surface area contributed by atoms with Gasteiger partial charge in [-0.2, -0.15) is 0 Å². The molecule has 0 saturated heterocycles. The molecule has 0 unspecified atom stereocenters. The molecule has 1 aromatic heterocycles.